The van der Waals surface area contributed by atoms with Crippen molar-refractivity contribution in [2.24, 2.45) is 5.41 Å². The number of hydrogen-bond donors (Lipinski definition) is 3. The van der Waals surface area contributed by atoms with Gasteiger partial charge in [0.2, 0.25) is 0 Å². The number of nitrogens with two attached hydrogens (primary N) is 1. The highest BCUT2D eigenvalue weighted by atomic mass is 16.2. The molecule has 0 saturated heterocycles. The first-order valence-electron chi connectivity index (χ1n) is 6.94. The highest BCUT2D eigenvalue weighted by molar-refractivity contribution is 5.55. The van der Waals surface area contributed by atoms with Crippen LogP contribution in [0.5, 0.6) is 0 Å². The number of rotatable bonds is 8. The molecule has 0 aliphatic carbocycles. The molecule has 0 fully saturated rings. The van der Waals surface area contributed by atoms with E-state index in [1.165, 1.54) is 6.33 Å². The van der Waals surface area contributed by atoms with E-state index in [0.717, 1.165) is 43.6 Å². The van der Waals surface area contributed by atoms with Gasteiger partial charge in [-0.3, -0.25) is 0 Å². The highest BCUT2D eigenvalue weighted by Crippen LogP contribution is 2.25. The Morgan fingerprint density at radius 2 is 2.11 bits per heavy atom. The van der Waals surface area contributed by atoms with E-state index in [-0.39, 0.29) is 12.0 Å². The Hall–Kier alpha value is -1.36. The van der Waals surface area contributed by atoms with E-state index < -0.39 is 0 Å². The van der Waals surface area contributed by atoms with Gasteiger partial charge in [0.1, 0.15) is 18.0 Å². The van der Waals surface area contributed by atoms with E-state index in [9.17, 15) is 0 Å². The molecule has 0 aliphatic rings. The van der Waals surface area contributed by atoms with Crippen LogP contribution < -0.4 is 11.1 Å². The Labute approximate surface area is 115 Å². The number of hydrogen-bond acceptors (Lipinski definition) is 5. The second-order valence-corrected chi connectivity index (χ2v) is 5.68. The smallest absolute Gasteiger partial charge is 0.134 e. The van der Waals surface area contributed by atoms with Crippen LogP contribution in [0.2, 0.25) is 0 Å². The normalized spacial score (nSPS) is 11.6. The molecule has 1 heterocycles. The third kappa shape index (κ3) is 5.03. The predicted molar refractivity (Wildman–Crippen MR) is 79.0 cm³/mol. The van der Waals surface area contributed by atoms with Gasteiger partial charge in [-0.1, -0.05) is 27.2 Å². The molecule has 1 rings (SSSR count). The molecule has 0 unspecified atom stereocenters. The Bertz CT molecular complexity index is 393. The van der Waals surface area contributed by atoms with Crippen LogP contribution in [0.1, 0.15) is 45.6 Å². The summed E-state index contributed by atoms with van der Waals surface area (Å²) in [4.78, 5) is 8.34. The zero-order valence-electron chi connectivity index (χ0n) is 12.2. The number of aromatic nitrogens is 2. The van der Waals surface area contributed by atoms with Crippen LogP contribution in [-0.2, 0) is 6.42 Å². The lowest BCUT2D eigenvalue weighted by molar-refractivity contribution is 0.248. The van der Waals surface area contributed by atoms with Crippen molar-refractivity contribution >= 4 is 11.6 Å². The lowest BCUT2D eigenvalue weighted by Gasteiger charge is -2.25. The molecule has 1 aromatic rings. The third-order valence-electron chi connectivity index (χ3n) is 3.22. The van der Waals surface area contributed by atoms with Gasteiger partial charge in [0.25, 0.3) is 0 Å². The largest absolute Gasteiger partial charge is 0.396 e. The maximum Gasteiger partial charge on any atom is 0.134 e. The fourth-order valence-corrected chi connectivity index (χ4v) is 2.04. The zero-order chi connectivity index (χ0) is 14.3. The fraction of sp³-hybridized carbons (Fsp3) is 0.714. The fourth-order valence-electron chi connectivity index (χ4n) is 2.04. The van der Waals surface area contributed by atoms with E-state index in [1.807, 2.05) is 0 Å². The van der Waals surface area contributed by atoms with E-state index >= 15 is 0 Å². The summed E-state index contributed by atoms with van der Waals surface area (Å²) >= 11 is 0. The van der Waals surface area contributed by atoms with Gasteiger partial charge in [-0.05, 0) is 24.7 Å². The van der Waals surface area contributed by atoms with Crippen LogP contribution in [0.4, 0.5) is 11.6 Å². The summed E-state index contributed by atoms with van der Waals surface area (Å²) in [5.41, 5.74) is 7.02. The number of aliphatic hydroxyl groups is 1. The van der Waals surface area contributed by atoms with E-state index in [1.54, 1.807) is 0 Å². The molecular formula is C14H26N4O. The summed E-state index contributed by atoms with van der Waals surface area (Å²) in [6, 6.07) is 0. The standard InChI is InChI=1S/C14H26N4O/c1-4-6-11-12(15)17-10-18-13(11)16-9-14(2,3)7-5-8-19/h10,19H,4-9H2,1-3H3,(H3,15,16,17,18). The maximum absolute atomic E-state index is 8.91. The first-order chi connectivity index (χ1) is 9.00. The zero-order valence-corrected chi connectivity index (χ0v) is 12.2. The Morgan fingerprint density at radius 1 is 1.37 bits per heavy atom. The Kier molecular flexibility index (Phi) is 6.02. The molecule has 5 heteroatoms. The molecule has 0 aromatic carbocycles. The van der Waals surface area contributed by atoms with Crippen molar-refractivity contribution in [1.29, 1.82) is 0 Å². The second kappa shape index (κ2) is 7.28. The summed E-state index contributed by atoms with van der Waals surface area (Å²) in [5.74, 6) is 1.40. The van der Waals surface area contributed by atoms with Gasteiger partial charge in [0.05, 0.1) is 0 Å². The summed E-state index contributed by atoms with van der Waals surface area (Å²) in [6.45, 7) is 7.52. The van der Waals surface area contributed by atoms with Crippen LogP contribution in [0.3, 0.4) is 0 Å². The molecular weight excluding hydrogens is 240 g/mol. The van der Waals surface area contributed by atoms with E-state index in [4.69, 9.17) is 10.8 Å². The predicted octanol–water partition coefficient (Wildman–Crippen LogP) is 2.22. The second-order valence-electron chi connectivity index (χ2n) is 5.68. The molecule has 5 nitrogen and oxygen atoms in total. The van der Waals surface area contributed by atoms with E-state index in [0.29, 0.717) is 5.82 Å². The monoisotopic (exact) mass is 266 g/mol. The highest BCUT2D eigenvalue weighted by Gasteiger charge is 2.18. The van der Waals surface area contributed by atoms with Gasteiger partial charge >= 0.3 is 0 Å². The SMILES string of the molecule is CCCc1c(N)ncnc1NCC(C)(C)CCCO. The van der Waals surface area contributed by atoms with E-state index in [2.05, 4.69) is 36.1 Å². The quantitative estimate of drug-likeness (QED) is 0.672. The number of aliphatic hydroxyl groups excluding tert-OH is 1. The number of nitrogen functional groups attached to an aromatic ring is 1. The number of anilines is 2. The summed E-state index contributed by atoms with van der Waals surface area (Å²) < 4.78 is 0. The molecule has 1 aromatic heterocycles. The molecule has 0 atom stereocenters. The average Bonchev–Trinajstić information content (AvgIpc) is 2.37. The van der Waals surface area contributed by atoms with Gasteiger partial charge < -0.3 is 16.2 Å². The van der Waals surface area contributed by atoms with Crippen LogP contribution in [0.15, 0.2) is 6.33 Å². The number of nitrogens with one attached hydrogen (secondary N) is 1. The molecule has 0 aliphatic heterocycles. The van der Waals surface area contributed by atoms with Crippen molar-refractivity contribution in [3.63, 3.8) is 0 Å². The molecule has 0 radical (unpaired) electrons. The molecule has 0 spiro atoms. The van der Waals surface area contributed by atoms with Crippen LogP contribution in [0, 0.1) is 5.41 Å². The van der Waals surface area contributed by atoms with Gasteiger partial charge in [0.15, 0.2) is 0 Å². The molecule has 108 valence electrons. The van der Waals surface area contributed by atoms with Gasteiger partial charge in [0, 0.05) is 18.7 Å². The van der Waals surface area contributed by atoms with Gasteiger partial charge in [-0.2, -0.15) is 0 Å². The lowest BCUT2D eigenvalue weighted by Crippen LogP contribution is -2.24. The average molecular weight is 266 g/mol. The van der Waals surface area contributed by atoms with Crippen molar-refractivity contribution in [2.45, 2.75) is 46.5 Å². The number of nitrogens with zero attached hydrogens (tertiary/aromatic N) is 2. The molecule has 19 heavy (non-hydrogen) atoms. The molecule has 0 saturated carbocycles. The first kappa shape index (κ1) is 15.7. The van der Waals surface area contributed by atoms with Crippen molar-refractivity contribution < 1.29 is 5.11 Å². The summed E-state index contributed by atoms with van der Waals surface area (Å²) in [7, 11) is 0. The first-order valence-corrected chi connectivity index (χ1v) is 6.94. The van der Waals surface area contributed by atoms with Crippen LogP contribution in [0.25, 0.3) is 0 Å². The summed E-state index contributed by atoms with van der Waals surface area (Å²) in [5, 5.41) is 12.3. The Morgan fingerprint density at radius 3 is 2.74 bits per heavy atom. The van der Waals surface area contributed by atoms with Crippen molar-refractivity contribution in [2.75, 3.05) is 24.2 Å². The van der Waals surface area contributed by atoms with Crippen LogP contribution in [-0.4, -0.2) is 28.2 Å². The van der Waals surface area contributed by atoms with Crippen molar-refractivity contribution in [3.05, 3.63) is 11.9 Å². The topological polar surface area (TPSA) is 84.1 Å². The van der Waals surface area contributed by atoms with Crippen molar-refractivity contribution in [3.8, 4) is 0 Å². The molecule has 4 N–H and O–H groups in total. The molecule has 0 bridgehead atoms. The van der Waals surface area contributed by atoms with Gasteiger partial charge in [-0.15, -0.1) is 0 Å². The third-order valence-corrected chi connectivity index (χ3v) is 3.22. The van der Waals surface area contributed by atoms with Gasteiger partial charge in [-0.25, -0.2) is 9.97 Å². The maximum atomic E-state index is 8.91. The van der Waals surface area contributed by atoms with Crippen LogP contribution >= 0.6 is 0 Å². The summed E-state index contributed by atoms with van der Waals surface area (Å²) in [6.07, 6.45) is 5.19. The minimum absolute atomic E-state index is 0.117. The molecule has 0 amide bonds. The minimum Gasteiger partial charge on any atom is -0.396 e. The lowest BCUT2D eigenvalue weighted by atomic mass is 9.88. The minimum atomic E-state index is 0.117. The van der Waals surface area contributed by atoms with Crippen molar-refractivity contribution in [1.82, 2.24) is 9.97 Å². The Balaban J connectivity index is 2.69.